The molecule has 2 spiro atoms. The zero-order valence-electron chi connectivity index (χ0n) is 20.9. The van der Waals surface area contributed by atoms with Gasteiger partial charge in [-0.3, -0.25) is 0 Å². The first-order valence-electron chi connectivity index (χ1n) is 13.4. The summed E-state index contributed by atoms with van der Waals surface area (Å²) in [6.45, 7) is 12.1. The second-order valence-corrected chi connectivity index (χ2v) is 12.4. The maximum atomic E-state index is 13.2. The summed E-state index contributed by atoms with van der Waals surface area (Å²) in [5.74, 6) is 2.71. The highest BCUT2D eigenvalue weighted by atomic mass is 16.2. The molecule has 2 amide bonds. The molecule has 1 saturated heterocycles. The topological polar surface area (TPSA) is 35.6 Å². The van der Waals surface area contributed by atoms with E-state index in [-0.39, 0.29) is 29.6 Å². The van der Waals surface area contributed by atoms with Crippen molar-refractivity contribution < 1.29 is 4.79 Å². The first kappa shape index (κ1) is 21.7. The molecule has 1 N–H and O–H groups in total. The highest BCUT2D eigenvalue weighted by Crippen LogP contribution is 2.75. The summed E-state index contributed by atoms with van der Waals surface area (Å²) < 4.78 is 0. The minimum atomic E-state index is 0.0798. The number of allylic oxidation sites excluding steroid dienone is 2. The number of carbonyl (C=O) groups is 1. The fourth-order valence-electron chi connectivity index (χ4n) is 8.35. The number of carbonyl (C=O) groups excluding carboxylic acids is 1. The predicted molar refractivity (Wildman–Crippen MR) is 133 cm³/mol. The number of likely N-dealkylation sites (tertiary alicyclic amines) is 1. The Labute approximate surface area is 199 Å². The SMILES string of the molecule is CC(C)N(C(=O)NC1CC2(CCN(CC3CC45CC4C=CC35)CC2)c2ccccc21)C(C)C. The zero-order valence-corrected chi connectivity index (χ0v) is 20.9. The van der Waals surface area contributed by atoms with E-state index in [0.29, 0.717) is 0 Å². The number of piperidine rings is 1. The van der Waals surface area contributed by atoms with Crippen molar-refractivity contribution in [1.29, 1.82) is 0 Å². The van der Waals surface area contributed by atoms with E-state index in [1.165, 1.54) is 56.4 Å². The van der Waals surface area contributed by atoms with Crippen molar-refractivity contribution in [2.75, 3.05) is 19.6 Å². The number of urea groups is 1. The van der Waals surface area contributed by atoms with Crippen molar-refractivity contribution >= 4 is 6.03 Å². The molecule has 0 aromatic heterocycles. The van der Waals surface area contributed by atoms with E-state index < -0.39 is 0 Å². The Bertz CT molecular complexity index is 951. The Kier molecular flexibility index (Phi) is 5.00. The molecule has 3 fully saturated rings. The molecule has 1 aliphatic heterocycles. The third-order valence-electron chi connectivity index (χ3n) is 10.00. The molecule has 4 nitrogen and oxygen atoms in total. The van der Waals surface area contributed by atoms with E-state index in [1.54, 1.807) is 0 Å². The average Bonchev–Trinajstić information content (AvgIpc) is 3.33. The maximum Gasteiger partial charge on any atom is 0.318 e. The van der Waals surface area contributed by atoms with Crippen LogP contribution in [0.5, 0.6) is 0 Å². The lowest BCUT2D eigenvalue weighted by molar-refractivity contribution is 0.0354. The lowest BCUT2D eigenvalue weighted by Gasteiger charge is -2.48. The molecule has 5 aliphatic rings. The number of nitrogens with one attached hydrogen (secondary N) is 1. The largest absolute Gasteiger partial charge is 0.331 e. The van der Waals surface area contributed by atoms with Crippen molar-refractivity contribution in [2.24, 2.45) is 23.2 Å². The van der Waals surface area contributed by atoms with Crippen molar-refractivity contribution in [3.05, 3.63) is 47.5 Å². The van der Waals surface area contributed by atoms with Crippen LogP contribution < -0.4 is 5.32 Å². The molecule has 4 heteroatoms. The highest BCUT2D eigenvalue weighted by molar-refractivity contribution is 5.75. The van der Waals surface area contributed by atoms with Crippen LogP contribution in [0.3, 0.4) is 0 Å². The fourth-order valence-corrected chi connectivity index (χ4v) is 8.35. The smallest absolute Gasteiger partial charge is 0.318 e. The van der Waals surface area contributed by atoms with Crippen LogP contribution in [0, 0.1) is 23.2 Å². The van der Waals surface area contributed by atoms with Gasteiger partial charge in [0.1, 0.15) is 0 Å². The Hall–Kier alpha value is -1.81. The van der Waals surface area contributed by atoms with Crippen molar-refractivity contribution in [3.63, 3.8) is 0 Å². The molecule has 5 atom stereocenters. The standard InChI is InChI=1S/C29H41N3O/c1-19(2)32(20(3)4)27(33)30-26-17-28(25-8-6-5-7-23(25)26)11-13-31(14-12-28)18-21-15-29-16-22(29)9-10-24(21)29/h5-10,19-22,24,26H,11-18H2,1-4H3,(H,30,33). The van der Waals surface area contributed by atoms with E-state index in [1.807, 2.05) is 4.90 Å². The summed E-state index contributed by atoms with van der Waals surface area (Å²) >= 11 is 0. The van der Waals surface area contributed by atoms with Gasteiger partial charge in [-0.15, -0.1) is 0 Å². The van der Waals surface area contributed by atoms with Gasteiger partial charge in [-0.2, -0.15) is 0 Å². The first-order chi connectivity index (χ1) is 15.8. The van der Waals surface area contributed by atoms with Gasteiger partial charge in [0.2, 0.25) is 0 Å². The summed E-state index contributed by atoms with van der Waals surface area (Å²) in [6.07, 6.45) is 11.5. The number of nitrogens with zero attached hydrogens (tertiary/aromatic N) is 2. The van der Waals surface area contributed by atoms with Crippen molar-refractivity contribution in [2.45, 2.75) is 83.3 Å². The molecular formula is C29H41N3O. The molecule has 1 aromatic rings. The van der Waals surface area contributed by atoms with Gasteiger partial charge in [-0.1, -0.05) is 36.4 Å². The van der Waals surface area contributed by atoms with Crippen LogP contribution in [0.1, 0.15) is 77.0 Å². The van der Waals surface area contributed by atoms with E-state index >= 15 is 0 Å². The second-order valence-electron chi connectivity index (χ2n) is 12.4. The van der Waals surface area contributed by atoms with Crippen LogP contribution in [0.25, 0.3) is 0 Å². The van der Waals surface area contributed by atoms with Gasteiger partial charge in [-0.05, 0) is 107 Å². The van der Waals surface area contributed by atoms with Crippen molar-refractivity contribution in [1.82, 2.24) is 15.1 Å². The molecule has 1 heterocycles. The van der Waals surface area contributed by atoms with Crippen molar-refractivity contribution in [3.8, 4) is 0 Å². The molecule has 4 aliphatic carbocycles. The second kappa shape index (κ2) is 7.60. The molecule has 1 aromatic carbocycles. The Morgan fingerprint density at radius 1 is 1.06 bits per heavy atom. The van der Waals surface area contributed by atoms with E-state index in [9.17, 15) is 4.79 Å². The van der Waals surface area contributed by atoms with Crippen LogP contribution in [-0.2, 0) is 5.41 Å². The average molecular weight is 448 g/mol. The normalized spacial score (nSPS) is 35.3. The maximum absolute atomic E-state index is 13.2. The lowest BCUT2D eigenvalue weighted by Crippen LogP contribution is -2.49. The fraction of sp³-hybridized carbons (Fsp3) is 0.690. The van der Waals surface area contributed by atoms with Gasteiger partial charge >= 0.3 is 6.03 Å². The summed E-state index contributed by atoms with van der Waals surface area (Å²) in [7, 11) is 0. The molecule has 6 rings (SSSR count). The molecule has 33 heavy (non-hydrogen) atoms. The third-order valence-corrected chi connectivity index (χ3v) is 10.00. The first-order valence-corrected chi connectivity index (χ1v) is 13.4. The minimum Gasteiger partial charge on any atom is -0.331 e. The number of rotatable bonds is 5. The third kappa shape index (κ3) is 3.31. The number of fused-ring (bicyclic) bond motifs is 2. The Morgan fingerprint density at radius 2 is 1.79 bits per heavy atom. The lowest BCUT2D eigenvalue weighted by atomic mass is 9.62. The van der Waals surface area contributed by atoms with Gasteiger partial charge in [-0.25, -0.2) is 4.79 Å². The number of hydrogen-bond acceptors (Lipinski definition) is 2. The quantitative estimate of drug-likeness (QED) is 0.605. The summed E-state index contributed by atoms with van der Waals surface area (Å²) in [4.78, 5) is 17.9. The van der Waals surface area contributed by atoms with Gasteiger partial charge in [0.15, 0.2) is 0 Å². The van der Waals surface area contributed by atoms with E-state index in [4.69, 9.17) is 0 Å². The van der Waals surface area contributed by atoms with Gasteiger partial charge < -0.3 is 15.1 Å². The van der Waals surface area contributed by atoms with Crippen LogP contribution in [0.2, 0.25) is 0 Å². The monoisotopic (exact) mass is 447 g/mol. The number of benzene rings is 1. The molecular weight excluding hydrogens is 406 g/mol. The summed E-state index contributed by atoms with van der Waals surface area (Å²) in [5, 5.41) is 3.43. The molecule has 178 valence electrons. The van der Waals surface area contributed by atoms with E-state index in [2.05, 4.69) is 74.3 Å². The van der Waals surface area contributed by atoms with Crippen LogP contribution in [0.15, 0.2) is 36.4 Å². The van der Waals surface area contributed by atoms with Gasteiger partial charge in [0.25, 0.3) is 0 Å². The van der Waals surface area contributed by atoms with Crippen LogP contribution in [0.4, 0.5) is 4.79 Å². The number of hydrogen-bond donors (Lipinski definition) is 1. The van der Waals surface area contributed by atoms with E-state index in [0.717, 1.165) is 29.6 Å². The molecule has 5 unspecified atom stereocenters. The van der Waals surface area contributed by atoms with Crippen LogP contribution >= 0.6 is 0 Å². The minimum absolute atomic E-state index is 0.0798. The summed E-state index contributed by atoms with van der Waals surface area (Å²) in [6, 6.07) is 9.53. The predicted octanol–water partition coefficient (Wildman–Crippen LogP) is 5.51. The molecule has 2 saturated carbocycles. The zero-order chi connectivity index (χ0) is 23.0. The Morgan fingerprint density at radius 3 is 2.45 bits per heavy atom. The highest BCUT2D eigenvalue weighted by Gasteiger charge is 2.68. The van der Waals surface area contributed by atoms with Crippen LogP contribution in [-0.4, -0.2) is 47.5 Å². The number of amides is 2. The Balaban J connectivity index is 1.12. The van der Waals surface area contributed by atoms with Gasteiger partial charge in [0, 0.05) is 24.0 Å². The molecule has 0 radical (unpaired) electrons. The van der Waals surface area contributed by atoms with Gasteiger partial charge in [0.05, 0.1) is 6.04 Å². The molecule has 0 bridgehead atoms. The summed E-state index contributed by atoms with van der Waals surface area (Å²) in [5.41, 5.74) is 3.81.